The third-order valence-electron chi connectivity index (χ3n) is 4.37. The van der Waals surface area contributed by atoms with Crippen LogP contribution in [0, 0.1) is 5.41 Å². The van der Waals surface area contributed by atoms with E-state index in [4.69, 9.17) is 16.3 Å². The van der Waals surface area contributed by atoms with E-state index in [1.54, 1.807) is 27.0 Å². The number of ether oxygens (including phenoxy) is 1. The Hall–Kier alpha value is -2.53. The first-order valence-electron chi connectivity index (χ1n) is 8.77. The molecule has 2 N–H and O–H groups in total. The highest BCUT2D eigenvalue weighted by Gasteiger charge is 2.35. The number of rotatable bonds is 8. The van der Waals surface area contributed by atoms with Gasteiger partial charge in [0, 0.05) is 18.1 Å². The Morgan fingerprint density at radius 2 is 1.74 bits per heavy atom. The van der Waals surface area contributed by atoms with Crippen molar-refractivity contribution in [2.45, 2.75) is 26.8 Å². The molecule has 27 heavy (non-hydrogen) atoms. The molecule has 5 nitrogen and oxygen atoms in total. The van der Waals surface area contributed by atoms with Gasteiger partial charge in [-0.25, -0.2) is 0 Å². The molecule has 0 fully saturated rings. The van der Waals surface area contributed by atoms with E-state index in [1.165, 1.54) is 0 Å². The molecule has 0 aliphatic rings. The first kappa shape index (κ1) is 20.8. The minimum atomic E-state index is -1.18. The van der Waals surface area contributed by atoms with Crippen LogP contribution in [0.5, 0.6) is 5.75 Å². The molecule has 0 saturated carbocycles. The molecule has 0 aliphatic heterocycles. The lowest BCUT2D eigenvalue weighted by Gasteiger charge is -2.23. The Labute approximate surface area is 165 Å². The quantitative estimate of drug-likeness (QED) is 0.681. The van der Waals surface area contributed by atoms with Crippen molar-refractivity contribution in [1.29, 1.82) is 0 Å². The fourth-order valence-corrected chi connectivity index (χ4v) is 2.71. The van der Waals surface area contributed by atoms with Crippen molar-refractivity contribution in [2.75, 3.05) is 13.7 Å². The maximum absolute atomic E-state index is 12.5. The highest BCUT2D eigenvalue weighted by Crippen LogP contribution is 2.18. The summed E-state index contributed by atoms with van der Waals surface area (Å²) < 4.78 is 5.19. The van der Waals surface area contributed by atoms with Gasteiger partial charge in [0.15, 0.2) is 0 Å². The van der Waals surface area contributed by atoms with Gasteiger partial charge in [-0.05, 0) is 49.6 Å². The van der Waals surface area contributed by atoms with Crippen LogP contribution in [0.25, 0.3) is 0 Å². The third kappa shape index (κ3) is 5.73. The van der Waals surface area contributed by atoms with Gasteiger partial charge in [-0.2, -0.15) is 0 Å². The van der Waals surface area contributed by atoms with Crippen LogP contribution in [-0.4, -0.2) is 25.5 Å². The van der Waals surface area contributed by atoms with Crippen LogP contribution in [0.1, 0.15) is 25.0 Å². The zero-order valence-electron chi connectivity index (χ0n) is 15.8. The zero-order valence-corrected chi connectivity index (χ0v) is 16.6. The second-order valence-corrected chi connectivity index (χ2v) is 7.16. The third-order valence-corrected chi connectivity index (χ3v) is 4.73. The van der Waals surface area contributed by atoms with Crippen molar-refractivity contribution in [3.8, 4) is 5.75 Å². The van der Waals surface area contributed by atoms with Gasteiger partial charge in [0.05, 0.1) is 7.11 Å². The highest BCUT2D eigenvalue weighted by molar-refractivity contribution is 6.31. The number of hydrogen-bond acceptors (Lipinski definition) is 3. The largest absolute Gasteiger partial charge is 0.497 e. The maximum atomic E-state index is 12.5. The van der Waals surface area contributed by atoms with E-state index in [0.717, 1.165) is 16.9 Å². The topological polar surface area (TPSA) is 67.4 Å². The summed E-state index contributed by atoms with van der Waals surface area (Å²) in [5.41, 5.74) is 0.674. The first-order chi connectivity index (χ1) is 12.8. The molecule has 2 amide bonds. The van der Waals surface area contributed by atoms with Crippen LogP contribution >= 0.6 is 11.6 Å². The summed E-state index contributed by atoms with van der Waals surface area (Å²) in [4.78, 5) is 25.0. The lowest BCUT2D eigenvalue weighted by molar-refractivity contribution is -0.141. The van der Waals surface area contributed by atoms with Gasteiger partial charge >= 0.3 is 0 Å². The average molecular weight is 389 g/mol. The molecule has 0 spiro atoms. The Morgan fingerprint density at radius 1 is 1.04 bits per heavy atom. The van der Waals surface area contributed by atoms with Crippen LogP contribution in [-0.2, 0) is 22.6 Å². The number of carbonyl (C=O) groups is 2. The number of hydrogen-bond donors (Lipinski definition) is 2. The summed E-state index contributed by atoms with van der Waals surface area (Å²) in [6.45, 7) is 3.93. The molecule has 2 rings (SSSR count). The molecule has 0 unspecified atom stereocenters. The van der Waals surface area contributed by atoms with E-state index in [1.807, 2.05) is 42.5 Å². The highest BCUT2D eigenvalue weighted by atomic mass is 35.5. The summed E-state index contributed by atoms with van der Waals surface area (Å²) in [6, 6.07) is 14.9. The van der Waals surface area contributed by atoms with Gasteiger partial charge in [0.1, 0.15) is 11.2 Å². The first-order valence-corrected chi connectivity index (χ1v) is 9.15. The molecule has 0 aliphatic carbocycles. The minimum Gasteiger partial charge on any atom is -0.497 e. The van der Waals surface area contributed by atoms with E-state index < -0.39 is 5.41 Å². The van der Waals surface area contributed by atoms with Crippen LogP contribution < -0.4 is 15.4 Å². The summed E-state index contributed by atoms with van der Waals surface area (Å²) in [5.74, 6) is 0.112. The van der Waals surface area contributed by atoms with Gasteiger partial charge < -0.3 is 15.4 Å². The van der Waals surface area contributed by atoms with Gasteiger partial charge in [0.2, 0.25) is 11.8 Å². The molecule has 0 heterocycles. The van der Waals surface area contributed by atoms with Crippen molar-refractivity contribution in [3.05, 3.63) is 64.7 Å². The fraction of sp³-hybridized carbons (Fsp3) is 0.333. The number of carbonyl (C=O) groups excluding carboxylic acids is 2. The number of amides is 2. The van der Waals surface area contributed by atoms with Crippen molar-refractivity contribution in [1.82, 2.24) is 10.6 Å². The van der Waals surface area contributed by atoms with Crippen molar-refractivity contribution < 1.29 is 14.3 Å². The fourth-order valence-electron chi connectivity index (χ4n) is 2.51. The van der Waals surface area contributed by atoms with Crippen molar-refractivity contribution >= 4 is 23.4 Å². The molecular weight excluding hydrogens is 364 g/mol. The normalized spacial score (nSPS) is 11.0. The van der Waals surface area contributed by atoms with E-state index in [-0.39, 0.29) is 18.4 Å². The molecule has 0 aromatic heterocycles. The molecule has 0 saturated heterocycles. The van der Waals surface area contributed by atoms with Crippen molar-refractivity contribution in [2.24, 2.45) is 5.41 Å². The summed E-state index contributed by atoms with van der Waals surface area (Å²) in [5, 5.41) is 6.20. The standard InChI is InChI=1S/C21H25ClN2O3/c1-21(2,20(26)24-14-16-8-4-5-10-18(16)22)19(25)23-12-11-15-7-6-9-17(13-15)27-3/h4-10,13H,11-12,14H2,1-3H3,(H,23,25)(H,24,26). The minimum absolute atomic E-state index is 0.277. The van der Waals surface area contributed by atoms with E-state index in [2.05, 4.69) is 10.6 Å². The smallest absolute Gasteiger partial charge is 0.235 e. The lowest BCUT2D eigenvalue weighted by atomic mass is 9.91. The zero-order chi connectivity index (χ0) is 19.9. The molecule has 0 radical (unpaired) electrons. The predicted molar refractivity (Wildman–Crippen MR) is 107 cm³/mol. The molecule has 0 bridgehead atoms. The predicted octanol–water partition coefficient (Wildman–Crippen LogP) is 3.35. The number of halogens is 1. The molecule has 6 heteroatoms. The average Bonchev–Trinajstić information content (AvgIpc) is 2.67. The molecule has 144 valence electrons. The van der Waals surface area contributed by atoms with E-state index in [0.29, 0.717) is 18.0 Å². The van der Waals surface area contributed by atoms with E-state index in [9.17, 15) is 9.59 Å². The van der Waals surface area contributed by atoms with Gasteiger partial charge in [-0.3, -0.25) is 9.59 Å². The molecule has 2 aromatic carbocycles. The Morgan fingerprint density at radius 3 is 2.44 bits per heavy atom. The molecule has 0 atom stereocenters. The lowest BCUT2D eigenvalue weighted by Crippen LogP contribution is -2.48. The van der Waals surface area contributed by atoms with Crippen LogP contribution in [0.4, 0.5) is 0 Å². The van der Waals surface area contributed by atoms with Crippen LogP contribution in [0.2, 0.25) is 5.02 Å². The Bertz CT molecular complexity index is 806. The SMILES string of the molecule is COc1cccc(CCNC(=O)C(C)(C)C(=O)NCc2ccccc2Cl)c1. The Kier molecular flexibility index (Phi) is 7.25. The second-order valence-electron chi connectivity index (χ2n) is 6.76. The monoisotopic (exact) mass is 388 g/mol. The van der Waals surface area contributed by atoms with Crippen molar-refractivity contribution in [3.63, 3.8) is 0 Å². The van der Waals surface area contributed by atoms with E-state index >= 15 is 0 Å². The summed E-state index contributed by atoms with van der Waals surface area (Å²) in [7, 11) is 1.62. The number of nitrogens with one attached hydrogen (secondary N) is 2. The van der Waals surface area contributed by atoms with Gasteiger partial charge in [-0.1, -0.05) is 41.9 Å². The van der Waals surface area contributed by atoms with Gasteiger partial charge in [-0.15, -0.1) is 0 Å². The molecule has 2 aromatic rings. The van der Waals surface area contributed by atoms with Crippen LogP contribution in [0.3, 0.4) is 0 Å². The maximum Gasteiger partial charge on any atom is 0.235 e. The van der Waals surface area contributed by atoms with Gasteiger partial charge in [0.25, 0.3) is 0 Å². The summed E-state index contributed by atoms with van der Waals surface area (Å²) >= 11 is 6.09. The number of benzene rings is 2. The Balaban J connectivity index is 1.85. The second kappa shape index (κ2) is 9.42. The summed E-state index contributed by atoms with van der Waals surface area (Å²) in [6.07, 6.45) is 0.653. The van der Waals surface area contributed by atoms with Crippen LogP contribution in [0.15, 0.2) is 48.5 Å². The number of methoxy groups -OCH3 is 1. The molecular formula is C21H25ClN2O3.